The van der Waals surface area contributed by atoms with Crippen LogP contribution in [0, 0.1) is 11.8 Å². The molecule has 0 aromatic carbocycles. The van der Waals surface area contributed by atoms with E-state index in [9.17, 15) is 24.0 Å². The fourth-order valence-corrected chi connectivity index (χ4v) is 5.54. The molecule has 1 rings (SSSR count). The molecule has 4 atom stereocenters. The number of nitrogens with one attached hydrogen (secondary N) is 4. The maximum Gasteiger partial charge on any atom is 0.329 e. The van der Waals surface area contributed by atoms with Crippen LogP contribution in [-0.4, -0.2) is 65.3 Å². The van der Waals surface area contributed by atoms with E-state index in [4.69, 9.17) is 4.74 Å². The molecule has 1 heterocycles. The van der Waals surface area contributed by atoms with E-state index in [1.165, 1.54) is 16.9 Å². The smallest absolute Gasteiger partial charge is 0.329 e. The second-order valence-electron chi connectivity index (χ2n) is 9.30. The topological polar surface area (TPSA) is 143 Å². The number of esters is 1. The average molecular weight is 545 g/mol. The van der Waals surface area contributed by atoms with Crippen LogP contribution in [0.5, 0.6) is 0 Å². The molecular formula is C24H40N4O6S2. The van der Waals surface area contributed by atoms with Gasteiger partial charge in [-0.05, 0) is 32.1 Å². The fraction of sp³-hybridized carbons (Fsp3) is 0.708. The van der Waals surface area contributed by atoms with Crippen molar-refractivity contribution in [2.24, 2.45) is 11.8 Å². The molecule has 0 aromatic heterocycles. The van der Waals surface area contributed by atoms with Gasteiger partial charge < -0.3 is 26.0 Å². The number of ether oxygens (including phenoxy) is 1. The highest BCUT2D eigenvalue weighted by atomic mass is 33.1. The van der Waals surface area contributed by atoms with Gasteiger partial charge >= 0.3 is 5.97 Å². The van der Waals surface area contributed by atoms with Gasteiger partial charge in [-0.2, -0.15) is 0 Å². The van der Waals surface area contributed by atoms with Crippen LogP contribution in [0.1, 0.15) is 61.3 Å². The van der Waals surface area contributed by atoms with Crippen molar-refractivity contribution in [2.75, 3.05) is 11.5 Å². The molecule has 0 aromatic rings. The molecule has 1 saturated heterocycles. The molecule has 0 aliphatic carbocycles. The van der Waals surface area contributed by atoms with Crippen molar-refractivity contribution >= 4 is 51.2 Å². The van der Waals surface area contributed by atoms with Gasteiger partial charge in [0, 0.05) is 11.5 Å². The summed E-state index contributed by atoms with van der Waals surface area (Å²) in [7, 11) is 3.02. The molecule has 12 heteroatoms. The second kappa shape index (κ2) is 15.8. The minimum atomic E-state index is -0.984. The molecule has 0 saturated carbocycles. The van der Waals surface area contributed by atoms with Gasteiger partial charge in [-0.25, -0.2) is 4.79 Å². The quantitative estimate of drug-likeness (QED) is 0.165. The third-order valence-corrected chi connectivity index (χ3v) is 7.91. The molecule has 0 bridgehead atoms. The zero-order valence-electron chi connectivity index (χ0n) is 22.1. The van der Waals surface area contributed by atoms with Gasteiger partial charge in [0.05, 0.1) is 6.42 Å². The fourth-order valence-electron chi connectivity index (χ4n) is 3.24. The Kier molecular flexibility index (Phi) is 14.0. The summed E-state index contributed by atoms with van der Waals surface area (Å²) >= 11 is 0. The van der Waals surface area contributed by atoms with Crippen LogP contribution in [0.15, 0.2) is 11.8 Å². The highest BCUT2D eigenvalue weighted by Crippen LogP contribution is 2.23. The highest BCUT2D eigenvalue weighted by Gasteiger charge is 2.33. The molecular weight excluding hydrogens is 504 g/mol. The first-order valence-electron chi connectivity index (χ1n) is 12.2. The van der Waals surface area contributed by atoms with E-state index < -0.39 is 53.8 Å². The van der Waals surface area contributed by atoms with Gasteiger partial charge in [0.1, 0.15) is 29.9 Å². The van der Waals surface area contributed by atoms with E-state index in [0.29, 0.717) is 0 Å². The number of hydrogen-bond donors (Lipinski definition) is 4. The Morgan fingerprint density at radius 3 is 2.14 bits per heavy atom. The molecule has 4 amide bonds. The van der Waals surface area contributed by atoms with Gasteiger partial charge in [-0.15, -0.1) is 0 Å². The van der Waals surface area contributed by atoms with Gasteiger partial charge in [0.15, 0.2) is 0 Å². The lowest BCUT2D eigenvalue weighted by Crippen LogP contribution is -2.57. The third kappa shape index (κ3) is 10.4. The SMILES string of the molecule is C/C=C1/NC(=O)[C@@H](CSSCCC)NC(=O)[C@@H](C(C)C)NC(=O)C[C@@H](C)OC(=O)[C@H](C(C)C)NC1=O. The van der Waals surface area contributed by atoms with E-state index in [1.807, 2.05) is 6.92 Å². The number of carbonyl (C=O) groups excluding carboxylic acids is 5. The summed E-state index contributed by atoms with van der Waals surface area (Å²) < 4.78 is 5.41. The van der Waals surface area contributed by atoms with E-state index in [1.54, 1.807) is 52.3 Å². The van der Waals surface area contributed by atoms with Crippen molar-refractivity contribution in [3.05, 3.63) is 11.8 Å². The zero-order valence-corrected chi connectivity index (χ0v) is 23.8. The maximum absolute atomic E-state index is 13.1. The lowest BCUT2D eigenvalue weighted by atomic mass is 10.0. The van der Waals surface area contributed by atoms with E-state index in [0.717, 1.165) is 12.2 Å². The summed E-state index contributed by atoms with van der Waals surface area (Å²) in [5, 5.41) is 10.6. The first-order valence-corrected chi connectivity index (χ1v) is 14.7. The van der Waals surface area contributed by atoms with Crippen molar-refractivity contribution < 1.29 is 28.7 Å². The Labute approximate surface area is 221 Å². The zero-order chi connectivity index (χ0) is 27.4. The predicted octanol–water partition coefficient (Wildman–Crippen LogP) is 1.90. The summed E-state index contributed by atoms with van der Waals surface area (Å²) in [6.45, 7) is 12.3. The first kappa shape index (κ1) is 31.8. The van der Waals surface area contributed by atoms with Gasteiger partial charge in [0.25, 0.3) is 5.91 Å². The molecule has 36 heavy (non-hydrogen) atoms. The van der Waals surface area contributed by atoms with Crippen LogP contribution in [0.3, 0.4) is 0 Å². The molecule has 10 nitrogen and oxygen atoms in total. The molecule has 0 spiro atoms. The van der Waals surface area contributed by atoms with E-state index >= 15 is 0 Å². The minimum absolute atomic E-state index is 0.0437. The van der Waals surface area contributed by atoms with Crippen LogP contribution >= 0.6 is 21.6 Å². The van der Waals surface area contributed by atoms with Crippen molar-refractivity contribution in [1.29, 1.82) is 0 Å². The van der Waals surface area contributed by atoms with E-state index in [-0.39, 0.29) is 29.7 Å². The maximum atomic E-state index is 13.1. The normalized spacial score (nSPS) is 26.4. The standard InChI is InChI=1S/C24H40N4O6S2/c1-8-10-35-36-12-17-22(31)25-16(9-2)21(30)28-20(14(5)6)24(33)34-15(7)11-18(29)27-19(13(3)4)23(32)26-17/h9,13-15,17,19-20H,8,10-12H2,1-7H3,(H,25,31)(H,26,32)(H,27,29)(H,28,30)/b16-9+/t15-,17-,19-,20+/m1/s1. The van der Waals surface area contributed by atoms with Crippen molar-refractivity contribution in [3.8, 4) is 0 Å². The van der Waals surface area contributed by atoms with Crippen molar-refractivity contribution in [2.45, 2.75) is 85.5 Å². The molecule has 1 fully saturated rings. The summed E-state index contributed by atoms with van der Waals surface area (Å²) in [4.78, 5) is 64.6. The van der Waals surface area contributed by atoms with Crippen molar-refractivity contribution in [3.63, 3.8) is 0 Å². The number of hydrogen-bond acceptors (Lipinski definition) is 8. The number of carbonyl (C=O) groups is 5. The van der Waals surface area contributed by atoms with Crippen LogP contribution in [0.2, 0.25) is 0 Å². The van der Waals surface area contributed by atoms with Crippen LogP contribution in [0.4, 0.5) is 0 Å². The number of allylic oxidation sites excluding steroid dienone is 1. The predicted molar refractivity (Wildman–Crippen MR) is 143 cm³/mol. The van der Waals surface area contributed by atoms with Crippen LogP contribution < -0.4 is 21.3 Å². The second-order valence-corrected chi connectivity index (χ2v) is 11.9. The average Bonchev–Trinajstić information content (AvgIpc) is 2.79. The molecule has 1 aliphatic rings. The van der Waals surface area contributed by atoms with Crippen molar-refractivity contribution in [1.82, 2.24) is 21.3 Å². The molecule has 4 N–H and O–H groups in total. The molecule has 0 radical (unpaired) electrons. The third-order valence-electron chi connectivity index (χ3n) is 5.29. The Balaban J connectivity index is 3.33. The lowest BCUT2D eigenvalue weighted by Gasteiger charge is -2.27. The molecule has 0 unspecified atom stereocenters. The summed E-state index contributed by atoms with van der Waals surface area (Å²) in [5.41, 5.74) is -0.0437. The summed E-state index contributed by atoms with van der Waals surface area (Å²) in [6.07, 6.45) is 1.45. The minimum Gasteiger partial charge on any atom is -0.461 e. The Morgan fingerprint density at radius 1 is 0.944 bits per heavy atom. The van der Waals surface area contributed by atoms with E-state index in [2.05, 4.69) is 21.3 Å². The lowest BCUT2D eigenvalue weighted by molar-refractivity contribution is -0.154. The van der Waals surface area contributed by atoms with Gasteiger partial charge in [-0.1, -0.05) is 62.3 Å². The highest BCUT2D eigenvalue weighted by molar-refractivity contribution is 8.76. The summed E-state index contributed by atoms with van der Waals surface area (Å²) in [5.74, 6) is -2.32. The van der Waals surface area contributed by atoms with Crippen LogP contribution in [-0.2, 0) is 28.7 Å². The molecule has 204 valence electrons. The van der Waals surface area contributed by atoms with Gasteiger partial charge in [-0.3, -0.25) is 19.2 Å². The first-order chi connectivity index (χ1) is 16.9. The number of cyclic esters (lactones) is 1. The number of amides is 4. The Morgan fingerprint density at radius 2 is 1.58 bits per heavy atom. The summed E-state index contributed by atoms with van der Waals surface area (Å²) in [6, 6.07) is -2.84. The monoisotopic (exact) mass is 544 g/mol. The Bertz CT molecular complexity index is 833. The van der Waals surface area contributed by atoms with Crippen LogP contribution in [0.25, 0.3) is 0 Å². The Hall–Kier alpha value is -2.21. The number of rotatable bonds is 7. The molecule has 1 aliphatic heterocycles. The van der Waals surface area contributed by atoms with Gasteiger partial charge in [0.2, 0.25) is 17.7 Å². The largest absolute Gasteiger partial charge is 0.461 e.